The topological polar surface area (TPSA) is 85.8 Å². The van der Waals surface area contributed by atoms with Crippen molar-refractivity contribution in [1.82, 2.24) is 20.1 Å². The zero-order chi connectivity index (χ0) is 12.5. The highest BCUT2D eigenvalue weighted by molar-refractivity contribution is 7.99. The fraction of sp³-hybridized carbons (Fsp3) is 0.700. The number of carbonyl (C=O) groups is 1. The van der Waals surface area contributed by atoms with Crippen LogP contribution in [0.5, 0.6) is 0 Å². The molecule has 0 radical (unpaired) electrons. The fourth-order valence-electron chi connectivity index (χ4n) is 1.47. The van der Waals surface area contributed by atoms with E-state index in [1.165, 1.54) is 11.8 Å². The van der Waals surface area contributed by atoms with Gasteiger partial charge in [-0.1, -0.05) is 11.8 Å². The smallest absolute Gasteiger partial charge is 0.238 e. The highest BCUT2D eigenvalue weighted by Gasteiger charge is 2.37. The van der Waals surface area contributed by atoms with Gasteiger partial charge in [-0.25, -0.2) is 0 Å². The van der Waals surface area contributed by atoms with E-state index < -0.39 is 5.54 Å². The van der Waals surface area contributed by atoms with E-state index >= 15 is 0 Å². The Morgan fingerprint density at radius 3 is 2.94 bits per heavy atom. The molecule has 0 aromatic carbocycles. The van der Waals surface area contributed by atoms with Crippen molar-refractivity contribution in [3.63, 3.8) is 0 Å². The molecule has 1 aromatic rings. The standard InChI is InChI=1S/C10H17N5OS/c1-10(8(11)16,13-7-3-4-7)5-17-9-14-12-6-15(9)2/h6-7,13H,3-5H2,1-2H3,(H2,11,16). The maximum atomic E-state index is 11.5. The lowest BCUT2D eigenvalue weighted by molar-refractivity contribution is -0.123. The molecule has 1 fully saturated rings. The number of aromatic nitrogens is 3. The van der Waals surface area contributed by atoms with E-state index in [4.69, 9.17) is 5.73 Å². The summed E-state index contributed by atoms with van der Waals surface area (Å²) >= 11 is 1.48. The lowest BCUT2D eigenvalue weighted by Crippen LogP contribution is -2.56. The summed E-state index contributed by atoms with van der Waals surface area (Å²) in [5, 5.41) is 11.8. The molecule has 0 aliphatic heterocycles. The minimum Gasteiger partial charge on any atom is -0.368 e. The number of nitrogens with one attached hydrogen (secondary N) is 1. The Balaban J connectivity index is 1.97. The van der Waals surface area contributed by atoms with Gasteiger partial charge in [-0.2, -0.15) is 0 Å². The van der Waals surface area contributed by atoms with Crippen LogP contribution in [0.15, 0.2) is 11.5 Å². The Hall–Kier alpha value is -1.08. The van der Waals surface area contributed by atoms with Crippen LogP contribution in [0.4, 0.5) is 0 Å². The third kappa shape index (κ3) is 2.98. The summed E-state index contributed by atoms with van der Waals surface area (Å²) in [7, 11) is 1.87. The van der Waals surface area contributed by atoms with E-state index in [2.05, 4.69) is 15.5 Å². The lowest BCUT2D eigenvalue weighted by atomic mass is 10.1. The lowest BCUT2D eigenvalue weighted by Gasteiger charge is -2.26. The van der Waals surface area contributed by atoms with Crippen LogP contribution >= 0.6 is 11.8 Å². The van der Waals surface area contributed by atoms with E-state index in [-0.39, 0.29) is 5.91 Å². The van der Waals surface area contributed by atoms with Crippen LogP contribution in [0.3, 0.4) is 0 Å². The summed E-state index contributed by atoms with van der Waals surface area (Å²) < 4.78 is 1.82. The zero-order valence-electron chi connectivity index (χ0n) is 10.0. The predicted octanol–water partition coefficient (Wildman–Crippen LogP) is -0.0968. The van der Waals surface area contributed by atoms with E-state index in [0.29, 0.717) is 11.8 Å². The average molecular weight is 255 g/mol. The Labute approximate surface area is 104 Å². The Morgan fingerprint density at radius 2 is 2.47 bits per heavy atom. The molecule has 1 amide bonds. The van der Waals surface area contributed by atoms with Crippen molar-refractivity contribution >= 4 is 17.7 Å². The summed E-state index contributed by atoms with van der Waals surface area (Å²) in [6, 6.07) is 0.438. The fourth-order valence-corrected chi connectivity index (χ4v) is 2.47. The maximum Gasteiger partial charge on any atom is 0.238 e. The first-order chi connectivity index (χ1) is 8.01. The molecule has 1 atom stereocenters. The van der Waals surface area contributed by atoms with Crippen LogP contribution in [-0.4, -0.2) is 38.0 Å². The van der Waals surface area contributed by atoms with Crippen molar-refractivity contribution in [2.24, 2.45) is 12.8 Å². The second kappa shape index (κ2) is 4.66. The van der Waals surface area contributed by atoms with Crippen molar-refractivity contribution in [2.75, 3.05) is 5.75 Å². The minimum absolute atomic E-state index is 0.320. The summed E-state index contributed by atoms with van der Waals surface area (Å²) in [6.45, 7) is 1.84. The molecule has 1 aliphatic rings. The summed E-state index contributed by atoms with van der Waals surface area (Å²) in [5.41, 5.74) is 4.78. The monoisotopic (exact) mass is 255 g/mol. The summed E-state index contributed by atoms with van der Waals surface area (Å²) in [4.78, 5) is 11.5. The molecule has 1 saturated carbocycles. The molecule has 17 heavy (non-hydrogen) atoms. The normalized spacial score (nSPS) is 18.9. The van der Waals surface area contributed by atoms with Crippen LogP contribution in [0.1, 0.15) is 19.8 Å². The first-order valence-corrected chi connectivity index (χ1v) is 6.54. The second-order valence-electron chi connectivity index (χ2n) is 4.63. The zero-order valence-corrected chi connectivity index (χ0v) is 10.8. The molecule has 1 aliphatic carbocycles. The van der Waals surface area contributed by atoms with Gasteiger partial charge >= 0.3 is 0 Å². The van der Waals surface area contributed by atoms with Gasteiger partial charge in [0.05, 0.1) is 0 Å². The molecule has 0 bridgehead atoms. The van der Waals surface area contributed by atoms with E-state index in [9.17, 15) is 4.79 Å². The van der Waals surface area contributed by atoms with Crippen LogP contribution < -0.4 is 11.1 Å². The van der Waals surface area contributed by atoms with Crippen LogP contribution in [0, 0.1) is 0 Å². The quantitative estimate of drug-likeness (QED) is 0.693. The van der Waals surface area contributed by atoms with Gasteiger partial charge in [0.25, 0.3) is 0 Å². The number of aryl methyl sites for hydroxylation is 1. The van der Waals surface area contributed by atoms with Gasteiger partial charge in [0.15, 0.2) is 5.16 Å². The summed E-state index contributed by atoms with van der Waals surface area (Å²) in [5.74, 6) is 0.241. The van der Waals surface area contributed by atoms with E-state index in [1.807, 2.05) is 18.5 Å². The maximum absolute atomic E-state index is 11.5. The molecule has 94 valence electrons. The first-order valence-electron chi connectivity index (χ1n) is 5.56. The van der Waals surface area contributed by atoms with Crippen molar-refractivity contribution in [1.29, 1.82) is 0 Å². The molecule has 7 heteroatoms. The second-order valence-corrected chi connectivity index (χ2v) is 5.57. The third-order valence-corrected chi connectivity index (χ3v) is 4.15. The van der Waals surface area contributed by atoms with Crippen LogP contribution in [-0.2, 0) is 11.8 Å². The first kappa shape index (κ1) is 12.4. The molecule has 0 saturated heterocycles. The van der Waals surface area contributed by atoms with Gasteiger partial charge in [0, 0.05) is 18.8 Å². The number of amides is 1. The van der Waals surface area contributed by atoms with Crippen LogP contribution in [0.25, 0.3) is 0 Å². The Bertz CT molecular complexity index is 417. The highest BCUT2D eigenvalue weighted by Crippen LogP contribution is 2.26. The number of hydrogen-bond donors (Lipinski definition) is 2. The van der Waals surface area contributed by atoms with Gasteiger partial charge in [-0.05, 0) is 19.8 Å². The number of nitrogens with two attached hydrogens (primary N) is 1. The molecule has 0 spiro atoms. The third-order valence-electron chi connectivity index (χ3n) is 2.80. The SMILES string of the molecule is Cn1cnnc1SCC(C)(NC1CC1)C(N)=O. The number of rotatable bonds is 6. The van der Waals surface area contributed by atoms with Crippen LogP contribution in [0.2, 0.25) is 0 Å². The predicted molar refractivity (Wildman–Crippen MR) is 65.5 cm³/mol. The van der Waals surface area contributed by atoms with Gasteiger partial charge in [0.2, 0.25) is 5.91 Å². The van der Waals surface area contributed by atoms with Crippen molar-refractivity contribution in [2.45, 2.75) is 36.5 Å². The van der Waals surface area contributed by atoms with Gasteiger partial charge in [-0.15, -0.1) is 10.2 Å². The largest absolute Gasteiger partial charge is 0.368 e. The van der Waals surface area contributed by atoms with Gasteiger partial charge < -0.3 is 15.6 Å². The Kier molecular flexibility index (Phi) is 3.39. The van der Waals surface area contributed by atoms with Crippen molar-refractivity contribution < 1.29 is 4.79 Å². The number of primary amides is 1. The van der Waals surface area contributed by atoms with Crippen molar-refractivity contribution in [3.8, 4) is 0 Å². The van der Waals surface area contributed by atoms with Gasteiger partial charge in [0.1, 0.15) is 11.9 Å². The number of carbonyl (C=O) groups excluding carboxylic acids is 1. The number of thioether (sulfide) groups is 1. The molecule has 3 N–H and O–H groups in total. The molecule has 1 unspecified atom stereocenters. The molecule has 6 nitrogen and oxygen atoms in total. The Morgan fingerprint density at radius 1 is 1.76 bits per heavy atom. The molecular weight excluding hydrogens is 238 g/mol. The molecular formula is C10H17N5OS. The highest BCUT2D eigenvalue weighted by atomic mass is 32.2. The van der Waals surface area contributed by atoms with Gasteiger partial charge in [-0.3, -0.25) is 4.79 Å². The van der Waals surface area contributed by atoms with Crippen molar-refractivity contribution in [3.05, 3.63) is 6.33 Å². The number of nitrogens with zero attached hydrogens (tertiary/aromatic N) is 3. The summed E-state index contributed by atoms with van der Waals surface area (Å²) in [6.07, 6.45) is 3.88. The molecule has 1 heterocycles. The van der Waals surface area contributed by atoms with E-state index in [1.54, 1.807) is 6.33 Å². The van der Waals surface area contributed by atoms with E-state index in [0.717, 1.165) is 18.0 Å². The number of hydrogen-bond acceptors (Lipinski definition) is 5. The molecule has 1 aromatic heterocycles. The minimum atomic E-state index is -0.683. The molecule has 2 rings (SSSR count). The average Bonchev–Trinajstić information content (AvgIpc) is 2.97.